The molecular formula is C27H18N2O4. The maximum Gasteiger partial charge on any atom is 0.335 e. The van der Waals surface area contributed by atoms with Crippen LogP contribution in [0.3, 0.4) is 0 Å². The van der Waals surface area contributed by atoms with Gasteiger partial charge in [-0.15, -0.1) is 0 Å². The molecule has 0 bridgehead atoms. The molecule has 0 spiro atoms. The molecule has 0 saturated carbocycles. The number of carbonyl (C=O) groups excluding carboxylic acids is 1. The molecule has 1 aliphatic carbocycles. The lowest BCUT2D eigenvalue weighted by Crippen LogP contribution is -2.17. The molecule has 1 heterocycles. The molecule has 0 unspecified atom stereocenters. The van der Waals surface area contributed by atoms with Crippen molar-refractivity contribution < 1.29 is 14.7 Å². The zero-order valence-corrected chi connectivity index (χ0v) is 17.4. The van der Waals surface area contributed by atoms with E-state index in [1.54, 1.807) is 24.3 Å². The molecule has 0 fully saturated rings. The number of nitrogens with one attached hydrogen (secondary N) is 1. The quantitative estimate of drug-likeness (QED) is 0.457. The molecule has 0 atom stereocenters. The third-order valence-corrected chi connectivity index (χ3v) is 5.56. The molecule has 3 aromatic carbocycles. The fourth-order valence-corrected chi connectivity index (χ4v) is 3.94. The second-order valence-corrected chi connectivity index (χ2v) is 7.61. The number of carboxylic acid groups (broad SMARTS) is 1. The van der Waals surface area contributed by atoms with Gasteiger partial charge >= 0.3 is 5.97 Å². The fourth-order valence-electron chi connectivity index (χ4n) is 3.94. The molecule has 6 heteroatoms. The summed E-state index contributed by atoms with van der Waals surface area (Å²) in [6.07, 6.45) is 4.88. The van der Waals surface area contributed by atoms with Crippen molar-refractivity contribution >= 4 is 29.5 Å². The van der Waals surface area contributed by atoms with Gasteiger partial charge in [-0.1, -0.05) is 66.7 Å². The average molecular weight is 434 g/mol. The van der Waals surface area contributed by atoms with E-state index < -0.39 is 5.97 Å². The minimum Gasteiger partial charge on any atom is -0.478 e. The van der Waals surface area contributed by atoms with Crippen LogP contribution in [0.5, 0.6) is 0 Å². The van der Waals surface area contributed by atoms with Gasteiger partial charge in [-0.25, -0.2) is 9.48 Å². The maximum atomic E-state index is 13.5. The van der Waals surface area contributed by atoms with Gasteiger partial charge in [0.1, 0.15) is 0 Å². The van der Waals surface area contributed by atoms with Crippen LogP contribution in [0, 0.1) is 0 Å². The SMILES string of the molecule is O=C1C=Cc2ccccc2/C1=C/c1c(-c2ccccc2)[nH]n(-c2cccc(C(=O)O)c2)c1=O. The van der Waals surface area contributed by atoms with Gasteiger partial charge in [0.2, 0.25) is 0 Å². The number of allylic oxidation sites excluding steroid dienone is 2. The Morgan fingerprint density at radius 2 is 1.64 bits per heavy atom. The fraction of sp³-hybridized carbons (Fsp3) is 0. The summed E-state index contributed by atoms with van der Waals surface area (Å²) in [5.41, 5.74) is 3.76. The highest BCUT2D eigenvalue weighted by Gasteiger charge is 2.21. The number of hydrogen-bond acceptors (Lipinski definition) is 3. The number of aromatic nitrogens is 2. The minimum absolute atomic E-state index is 0.0664. The number of hydrogen-bond donors (Lipinski definition) is 2. The molecule has 4 aromatic rings. The van der Waals surface area contributed by atoms with Crippen LogP contribution >= 0.6 is 0 Å². The molecule has 6 nitrogen and oxygen atoms in total. The molecule has 1 aliphatic rings. The summed E-state index contributed by atoms with van der Waals surface area (Å²) >= 11 is 0. The number of aromatic carboxylic acids is 1. The first-order valence-corrected chi connectivity index (χ1v) is 10.3. The Hall–Kier alpha value is -4.71. The van der Waals surface area contributed by atoms with Crippen LogP contribution in [-0.4, -0.2) is 26.6 Å². The van der Waals surface area contributed by atoms with Crippen molar-refractivity contribution in [3.63, 3.8) is 0 Å². The molecule has 33 heavy (non-hydrogen) atoms. The van der Waals surface area contributed by atoms with E-state index in [-0.39, 0.29) is 16.9 Å². The first kappa shape index (κ1) is 20.2. The number of carboxylic acids is 1. The van der Waals surface area contributed by atoms with Gasteiger partial charge in [0.25, 0.3) is 5.56 Å². The van der Waals surface area contributed by atoms with Crippen molar-refractivity contribution in [2.24, 2.45) is 0 Å². The summed E-state index contributed by atoms with van der Waals surface area (Å²) in [5.74, 6) is -1.27. The summed E-state index contributed by atoms with van der Waals surface area (Å²) in [5, 5.41) is 12.5. The Morgan fingerprint density at radius 3 is 2.42 bits per heavy atom. The number of carbonyl (C=O) groups is 2. The van der Waals surface area contributed by atoms with Gasteiger partial charge in [-0.3, -0.25) is 14.7 Å². The van der Waals surface area contributed by atoms with E-state index in [0.717, 1.165) is 16.7 Å². The number of nitrogens with zero attached hydrogens (tertiary/aromatic N) is 1. The van der Waals surface area contributed by atoms with Gasteiger partial charge in [0.05, 0.1) is 22.5 Å². The van der Waals surface area contributed by atoms with Crippen LogP contribution in [0.25, 0.3) is 34.7 Å². The van der Waals surface area contributed by atoms with Crippen molar-refractivity contribution in [2.45, 2.75) is 0 Å². The van der Waals surface area contributed by atoms with Crippen molar-refractivity contribution in [3.8, 4) is 16.9 Å². The Bertz CT molecular complexity index is 1520. The van der Waals surface area contributed by atoms with Crippen LogP contribution in [0.2, 0.25) is 0 Å². The second kappa shape index (κ2) is 8.09. The normalized spacial score (nSPS) is 13.8. The Labute approximate surface area is 188 Å². The van der Waals surface area contributed by atoms with Crippen molar-refractivity contribution in [3.05, 3.63) is 118 Å². The van der Waals surface area contributed by atoms with E-state index in [1.807, 2.05) is 54.6 Å². The van der Waals surface area contributed by atoms with Gasteiger partial charge in [-0.05, 0) is 41.5 Å². The van der Waals surface area contributed by atoms with Crippen LogP contribution in [0.4, 0.5) is 0 Å². The molecule has 160 valence electrons. The van der Waals surface area contributed by atoms with E-state index in [1.165, 1.54) is 22.9 Å². The molecule has 1 aromatic heterocycles. The molecule has 0 saturated heterocycles. The predicted molar refractivity (Wildman–Crippen MR) is 127 cm³/mol. The summed E-state index contributed by atoms with van der Waals surface area (Å²) in [7, 11) is 0. The number of benzene rings is 3. The molecule has 5 rings (SSSR count). The third-order valence-electron chi connectivity index (χ3n) is 5.56. The van der Waals surface area contributed by atoms with Gasteiger partial charge in [0, 0.05) is 11.1 Å². The Balaban J connectivity index is 1.76. The number of aromatic amines is 1. The van der Waals surface area contributed by atoms with E-state index in [0.29, 0.717) is 22.5 Å². The second-order valence-electron chi connectivity index (χ2n) is 7.61. The molecule has 0 radical (unpaired) electrons. The zero-order valence-electron chi connectivity index (χ0n) is 17.4. The lowest BCUT2D eigenvalue weighted by atomic mass is 9.90. The van der Waals surface area contributed by atoms with E-state index in [9.17, 15) is 19.5 Å². The van der Waals surface area contributed by atoms with Crippen LogP contribution < -0.4 is 5.56 Å². The average Bonchev–Trinajstić information content (AvgIpc) is 3.17. The number of fused-ring (bicyclic) bond motifs is 1. The lowest BCUT2D eigenvalue weighted by Gasteiger charge is -2.12. The van der Waals surface area contributed by atoms with Crippen LogP contribution in [0.1, 0.15) is 27.0 Å². The monoisotopic (exact) mass is 434 g/mol. The third kappa shape index (κ3) is 3.64. The highest BCUT2D eigenvalue weighted by molar-refractivity contribution is 6.33. The van der Waals surface area contributed by atoms with Gasteiger partial charge in [0.15, 0.2) is 5.78 Å². The standard InChI is InChI=1S/C27H18N2O4/c30-24-14-13-17-7-4-5-12-21(17)22(24)16-23-25(18-8-2-1-3-9-18)28-29(26(23)31)20-11-6-10-19(15-20)27(32)33/h1-16,28H,(H,32,33)/b22-16-. The Morgan fingerprint density at radius 1 is 0.879 bits per heavy atom. The highest BCUT2D eigenvalue weighted by atomic mass is 16.4. The molecule has 2 N–H and O–H groups in total. The maximum absolute atomic E-state index is 13.5. The minimum atomic E-state index is -1.08. The largest absolute Gasteiger partial charge is 0.478 e. The summed E-state index contributed by atoms with van der Waals surface area (Å²) in [4.78, 5) is 37.8. The van der Waals surface area contributed by atoms with Gasteiger partial charge < -0.3 is 5.11 Å². The predicted octanol–water partition coefficient (Wildman–Crippen LogP) is 4.67. The summed E-state index contributed by atoms with van der Waals surface area (Å²) in [6.45, 7) is 0. The summed E-state index contributed by atoms with van der Waals surface area (Å²) in [6, 6.07) is 23.0. The van der Waals surface area contributed by atoms with E-state index >= 15 is 0 Å². The molecule has 0 aliphatic heterocycles. The molecule has 0 amide bonds. The number of H-pyrrole nitrogens is 1. The van der Waals surface area contributed by atoms with Crippen molar-refractivity contribution in [2.75, 3.05) is 0 Å². The highest BCUT2D eigenvalue weighted by Crippen LogP contribution is 2.30. The van der Waals surface area contributed by atoms with Crippen molar-refractivity contribution in [1.29, 1.82) is 0 Å². The van der Waals surface area contributed by atoms with Gasteiger partial charge in [-0.2, -0.15) is 0 Å². The van der Waals surface area contributed by atoms with Crippen LogP contribution in [0.15, 0.2) is 89.7 Å². The lowest BCUT2D eigenvalue weighted by molar-refractivity contribution is -0.109. The molecular weight excluding hydrogens is 416 g/mol. The van der Waals surface area contributed by atoms with E-state index in [2.05, 4.69) is 5.10 Å². The van der Waals surface area contributed by atoms with Crippen molar-refractivity contribution in [1.82, 2.24) is 9.78 Å². The first-order chi connectivity index (χ1) is 16.0. The first-order valence-electron chi connectivity index (χ1n) is 10.3. The van der Waals surface area contributed by atoms with E-state index in [4.69, 9.17) is 0 Å². The Kier molecular flexibility index (Phi) is 4.95. The zero-order chi connectivity index (χ0) is 22.9. The topological polar surface area (TPSA) is 92.2 Å². The number of ketones is 1. The number of rotatable bonds is 4. The smallest absolute Gasteiger partial charge is 0.335 e. The van der Waals surface area contributed by atoms with Crippen LogP contribution in [-0.2, 0) is 4.79 Å². The summed E-state index contributed by atoms with van der Waals surface area (Å²) < 4.78 is 1.30.